The topological polar surface area (TPSA) is 63.5 Å². The minimum Gasteiger partial charge on any atom is -0.266 e. The van der Waals surface area contributed by atoms with Gasteiger partial charge in [0.05, 0.1) is 0 Å². The molecule has 1 heterocycles. The van der Waals surface area contributed by atoms with Gasteiger partial charge in [0.1, 0.15) is 4.75 Å². The Kier molecular flexibility index (Phi) is 2.57. The van der Waals surface area contributed by atoms with Crippen molar-refractivity contribution in [2.45, 2.75) is 11.7 Å². The van der Waals surface area contributed by atoms with Crippen molar-refractivity contribution in [2.75, 3.05) is 11.3 Å². The molecule has 0 saturated carbocycles. The third kappa shape index (κ3) is 1.42. The number of carbonyl (C=O) groups excluding carboxylic acids is 1. The third-order valence-corrected chi connectivity index (χ3v) is 4.10. The number of amides is 1. The molecule has 2 rings (SSSR count). The predicted octanol–water partition coefficient (Wildman–Crippen LogP) is 1.94. The normalized spacial score (nSPS) is 22.8. The van der Waals surface area contributed by atoms with Gasteiger partial charge >= 0.3 is 5.91 Å². The zero-order valence-corrected chi connectivity index (χ0v) is 9.95. The van der Waals surface area contributed by atoms with E-state index in [1.165, 1.54) is 12.1 Å². The van der Waals surface area contributed by atoms with Crippen LogP contribution in [0.5, 0.6) is 0 Å². The minimum atomic E-state index is -1.11. The number of fused-ring (bicyclic) bond motifs is 1. The first-order valence-electron chi connectivity index (χ1n) is 4.76. The number of rotatable bonds is 2. The van der Waals surface area contributed by atoms with Crippen molar-refractivity contribution < 1.29 is 14.2 Å². The molecular formula is C10H9FN2O3S. The van der Waals surface area contributed by atoms with Gasteiger partial charge in [0, 0.05) is 5.56 Å². The van der Waals surface area contributed by atoms with Gasteiger partial charge in [-0.1, -0.05) is 12.1 Å². The zero-order valence-electron chi connectivity index (χ0n) is 9.14. The number of anilines is 1. The van der Waals surface area contributed by atoms with E-state index in [4.69, 9.17) is 0 Å². The molecule has 0 saturated heterocycles. The van der Waals surface area contributed by atoms with E-state index in [0.29, 0.717) is 10.6 Å². The van der Waals surface area contributed by atoms with Gasteiger partial charge in [-0.25, -0.2) is 14.5 Å². The van der Waals surface area contributed by atoms with Crippen LogP contribution in [0.15, 0.2) is 18.2 Å². The molecule has 1 unspecified atom stereocenters. The van der Waals surface area contributed by atoms with Gasteiger partial charge in [-0.2, -0.15) is 0 Å². The number of nitro groups is 1. The summed E-state index contributed by atoms with van der Waals surface area (Å²) in [6, 6.07) is 4.09. The summed E-state index contributed by atoms with van der Waals surface area (Å²) in [5.41, 5.74) is 0.0889. The Hall–Kier alpha value is -1.63. The first-order chi connectivity index (χ1) is 7.93. The maximum Gasteiger partial charge on any atom is 0.309 e. The van der Waals surface area contributed by atoms with E-state index in [0.717, 1.165) is 17.8 Å². The molecule has 1 aromatic carbocycles. The summed E-state index contributed by atoms with van der Waals surface area (Å²) in [6.07, 6.45) is 1.66. The summed E-state index contributed by atoms with van der Waals surface area (Å²) in [5, 5.41) is 10.3. The SMILES string of the molecule is CSC1(C)C(=O)N([N+](=O)[O-])c2c(F)cccc21. The van der Waals surface area contributed by atoms with Crippen molar-refractivity contribution in [2.24, 2.45) is 0 Å². The molecule has 1 aromatic rings. The number of hydrazine groups is 1. The van der Waals surface area contributed by atoms with Crippen LogP contribution in [-0.2, 0) is 9.54 Å². The number of para-hydroxylation sites is 1. The van der Waals surface area contributed by atoms with Crippen LogP contribution in [0, 0.1) is 15.9 Å². The Labute approximate surface area is 101 Å². The van der Waals surface area contributed by atoms with Crippen LogP contribution in [0.2, 0.25) is 0 Å². The second kappa shape index (κ2) is 3.69. The van der Waals surface area contributed by atoms with Gasteiger partial charge in [0.25, 0.3) is 0 Å². The quantitative estimate of drug-likeness (QED) is 0.599. The second-order valence-electron chi connectivity index (χ2n) is 3.73. The highest BCUT2D eigenvalue weighted by molar-refractivity contribution is 8.00. The van der Waals surface area contributed by atoms with Crippen molar-refractivity contribution in [1.82, 2.24) is 0 Å². The lowest BCUT2D eigenvalue weighted by atomic mass is 10.0. The second-order valence-corrected chi connectivity index (χ2v) is 4.95. The van der Waals surface area contributed by atoms with Gasteiger partial charge < -0.3 is 0 Å². The Morgan fingerprint density at radius 1 is 1.53 bits per heavy atom. The van der Waals surface area contributed by atoms with E-state index in [1.807, 2.05) is 0 Å². The molecule has 7 heteroatoms. The molecule has 1 aliphatic heterocycles. The summed E-state index contributed by atoms with van der Waals surface area (Å²) < 4.78 is 12.5. The lowest BCUT2D eigenvalue weighted by Gasteiger charge is -2.18. The molecule has 90 valence electrons. The summed E-state index contributed by atoms with van der Waals surface area (Å²) in [5.74, 6) is -1.49. The molecule has 0 bridgehead atoms. The first-order valence-corrected chi connectivity index (χ1v) is 5.99. The number of hydrogen-bond acceptors (Lipinski definition) is 4. The Balaban J connectivity index is 2.75. The van der Waals surface area contributed by atoms with Crippen LogP contribution >= 0.6 is 11.8 Å². The Morgan fingerprint density at radius 2 is 2.18 bits per heavy atom. The molecule has 0 fully saturated rings. The van der Waals surface area contributed by atoms with Crippen molar-refractivity contribution in [3.63, 3.8) is 0 Å². The molecule has 5 nitrogen and oxygen atoms in total. The number of thioether (sulfide) groups is 1. The highest BCUT2D eigenvalue weighted by Gasteiger charge is 2.54. The molecule has 0 aromatic heterocycles. The van der Waals surface area contributed by atoms with Crippen molar-refractivity contribution in [1.29, 1.82) is 0 Å². The fraction of sp³-hybridized carbons (Fsp3) is 0.300. The lowest BCUT2D eigenvalue weighted by Crippen LogP contribution is -2.39. The highest BCUT2D eigenvalue weighted by Crippen LogP contribution is 2.48. The van der Waals surface area contributed by atoms with Gasteiger partial charge in [-0.05, 0) is 24.3 Å². The fourth-order valence-electron chi connectivity index (χ4n) is 1.89. The van der Waals surface area contributed by atoms with E-state index in [2.05, 4.69) is 0 Å². The average molecular weight is 256 g/mol. The molecule has 17 heavy (non-hydrogen) atoms. The van der Waals surface area contributed by atoms with E-state index in [-0.39, 0.29) is 5.69 Å². The Bertz CT molecular complexity index is 522. The molecule has 0 N–H and O–H groups in total. The molecule has 1 atom stereocenters. The van der Waals surface area contributed by atoms with Gasteiger partial charge in [0.15, 0.2) is 16.5 Å². The molecule has 0 radical (unpaired) electrons. The third-order valence-electron chi connectivity index (χ3n) is 2.88. The van der Waals surface area contributed by atoms with E-state index < -0.39 is 21.5 Å². The van der Waals surface area contributed by atoms with Crippen molar-refractivity contribution in [3.05, 3.63) is 39.7 Å². The van der Waals surface area contributed by atoms with E-state index in [9.17, 15) is 19.3 Å². The zero-order chi connectivity index (χ0) is 12.8. The number of carbonyl (C=O) groups is 1. The summed E-state index contributed by atoms with van der Waals surface area (Å²) in [7, 11) is 0. The molecular weight excluding hydrogens is 247 g/mol. The van der Waals surface area contributed by atoms with Gasteiger partial charge in [-0.3, -0.25) is 4.79 Å². The fourth-order valence-corrected chi connectivity index (χ4v) is 2.53. The summed E-state index contributed by atoms with van der Waals surface area (Å²) >= 11 is 1.15. The molecule has 1 aliphatic rings. The van der Waals surface area contributed by atoms with Crippen LogP contribution in [-0.4, -0.2) is 17.2 Å². The standard InChI is InChI=1S/C10H9FN2O3S/c1-10(17-2)6-4-3-5-7(11)8(6)12(9(10)14)13(15)16/h3-5H,1-2H3. The van der Waals surface area contributed by atoms with Crippen LogP contribution in [0.25, 0.3) is 0 Å². The van der Waals surface area contributed by atoms with Gasteiger partial charge in [0.2, 0.25) is 0 Å². The minimum absolute atomic E-state index is 0.251. The van der Waals surface area contributed by atoms with E-state index in [1.54, 1.807) is 13.2 Å². The van der Waals surface area contributed by atoms with Crippen molar-refractivity contribution in [3.8, 4) is 0 Å². The van der Waals surface area contributed by atoms with Crippen LogP contribution < -0.4 is 5.01 Å². The van der Waals surface area contributed by atoms with Crippen LogP contribution in [0.1, 0.15) is 12.5 Å². The molecule has 0 spiro atoms. The van der Waals surface area contributed by atoms with Crippen LogP contribution in [0.4, 0.5) is 10.1 Å². The molecule has 0 aliphatic carbocycles. The Morgan fingerprint density at radius 3 is 2.71 bits per heavy atom. The monoisotopic (exact) mass is 256 g/mol. The summed E-state index contributed by atoms with van der Waals surface area (Å²) in [4.78, 5) is 22.9. The van der Waals surface area contributed by atoms with Crippen molar-refractivity contribution >= 4 is 23.4 Å². The molecule has 1 amide bonds. The van der Waals surface area contributed by atoms with E-state index >= 15 is 0 Å². The number of benzene rings is 1. The lowest BCUT2D eigenvalue weighted by molar-refractivity contribution is -0.483. The predicted molar refractivity (Wildman–Crippen MR) is 61.7 cm³/mol. The summed E-state index contributed by atoms with van der Waals surface area (Å²) in [6.45, 7) is 1.56. The van der Waals surface area contributed by atoms with Crippen LogP contribution in [0.3, 0.4) is 0 Å². The smallest absolute Gasteiger partial charge is 0.266 e. The number of nitrogens with zero attached hydrogens (tertiary/aromatic N) is 2. The maximum atomic E-state index is 13.6. The number of hydrogen-bond donors (Lipinski definition) is 0. The largest absolute Gasteiger partial charge is 0.309 e. The van der Waals surface area contributed by atoms with Gasteiger partial charge in [-0.15, -0.1) is 11.8 Å². The maximum absolute atomic E-state index is 13.6. The highest BCUT2D eigenvalue weighted by atomic mass is 32.2. The average Bonchev–Trinajstić information content (AvgIpc) is 2.51. The number of halogens is 1. The first kappa shape index (κ1) is 11.8.